The van der Waals surface area contributed by atoms with Crippen molar-refractivity contribution in [2.24, 2.45) is 0 Å². The fourth-order valence-corrected chi connectivity index (χ4v) is 7.18. The molecule has 1 aliphatic carbocycles. The summed E-state index contributed by atoms with van der Waals surface area (Å²) in [6.07, 6.45) is 3.68. The number of aromatic amines is 1. The number of anilines is 1. The largest absolute Gasteiger partial charge is 0.358 e. The van der Waals surface area contributed by atoms with Crippen molar-refractivity contribution >= 4 is 45.1 Å². The number of para-hydroxylation sites is 1. The molecule has 236 valence electrons. The highest BCUT2D eigenvalue weighted by molar-refractivity contribution is 6.12. The number of amides is 3. The zero-order chi connectivity index (χ0) is 32.4. The van der Waals surface area contributed by atoms with Crippen molar-refractivity contribution in [2.45, 2.75) is 64.1 Å². The van der Waals surface area contributed by atoms with Crippen molar-refractivity contribution in [3.05, 3.63) is 114 Å². The van der Waals surface area contributed by atoms with E-state index in [0.717, 1.165) is 52.2 Å². The number of carbonyl (C=O) groups excluding carboxylic acids is 3. The third-order valence-corrected chi connectivity index (χ3v) is 9.75. The summed E-state index contributed by atoms with van der Waals surface area (Å²) in [7, 11) is 3.54. The molecule has 1 N–H and O–H groups in total. The molecule has 1 fully saturated rings. The third kappa shape index (κ3) is 5.66. The van der Waals surface area contributed by atoms with Crippen LogP contribution in [-0.4, -0.2) is 58.2 Å². The van der Waals surface area contributed by atoms with Gasteiger partial charge in [-0.3, -0.25) is 19.3 Å². The highest BCUT2D eigenvalue weighted by Gasteiger charge is 2.50. The Morgan fingerprint density at radius 2 is 1.46 bits per heavy atom. The van der Waals surface area contributed by atoms with Gasteiger partial charge in [0.2, 0.25) is 5.91 Å². The Labute approximate surface area is 270 Å². The van der Waals surface area contributed by atoms with Crippen LogP contribution < -0.4 is 4.90 Å². The summed E-state index contributed by atoms with van der Waals surface area (Å²) in [5.74, 6) is -0.577. The number of hydrogen-bond donors (Lipinski definition) is 1. The number of hydrogen-bond acceptors (Lipinski definition) is 3. The quantitative estimate of drug-likeness (QED) is 0.197. The SMILES string of the molecule is Cc1[nH]c2ccccc2c1C(=O)N(C)C1(C(=O)N(c2ccc3ccccc3c2)[C@@H](C)C(=O)N(C)Cc2ccccc2)CCCCC1. The van der Waals surface area contributed by atoms with Crippen molar-refractivity contribution < 1.29 is 14.4 Å². The van der Waals surface area contributed by atoms with Gasteiger partial charge in [-0.05, 0) is 61.2 Å². The van der Waals surface area contributed by atoms with E-state index >= 15 is 4.79 Å². The van der Waals surface area contributed by atoms with E-state index in [1.807, 2.05) is 104 Å². The van der Waals surface area contributed by atoms with E-state index in [1.54, 1.807) is 35.7 Å². The minimum absolute atomic E-state index is 0.169. The van der Waals surface area contributed by atoms with Crippen LogP contribution in [0.1, 0.15) is 60.6 Å². The lowest BCUT2D eigenvalue weighted by Crippen LogP contribution is -2.64. The topological polar surface area (TPSA) is 76.7 Å². The molecule has 1 saturated carbocycles. The van der Waals surface area contributed by atoms with E-state index in [2.05, 4.69) is 4.98 Å². The maximum absolute atomic E-state index is 15.3. The van der Waals surface area contributed by atoms with Gasteiger partial charge in [0.1, 0.15) is 11.6 Å². The molecule has 0 spiro atoms. The van der Waals surface area contributed by atoms with Crippen molar-refractivity contribution in [1.29, 1.82) is 0 Å². The number of rotatable bonds is 8. The predicted molar refractivity (Wildman–Crippen MR) is 185 cm³/mol. The first kappa shape index (κ1) is 31.1. The normalized spacial score (nSPS) is 15.0. The van der Waals surface area contributed by atoms with E-state index in [4.69, 9.17) is 0 Å². The van der Waals surface area contributed by atoms with E-state index in [9.17, 15) is 9.59 Å². The van der Waals surface area contributed by atoms with E-state index in [-0.39, 0.29) is 17.7 Å². The number of aromatic nitrogens is 1. The zero-order valence-electron chi connectivity index (χ0n) is 27.1. The minimum atomic E-state index is -1.11. The lowest BCUT2D eigenvalue weighted by molar-refractivity contribution is -0.137. The van der Waals surface area contributed by atoms with Crippen molar-refractivity contribution in [1.82, 2.24) is 14.8 Å². The maximum Gasteiger partial charge on any atom is 0.256 e. The van der Waals surface area contributed by atoms with Crippen molar-refractivity contribution in [3.63, 3.8) is 0 Å². The lowest BCUT2D eigenvalue weighted by Gasteiger charge is -2.47. The van der Waals surface area contributed by atoms with Crippen LogP contribution >= 0.6 is 0 Å². The molecule has 0 unspecified atom stereocenters. The Morgan fingerprint density at radius 1 is 0.804 bits per heavy atom. The molecule has 5 aromatic rings. The van der Waals surface area contributed by atoms with Gasteiger partial charge in [-0.1, -0.05) is 98.1 Å². The van der Waals surface area contributed by atoms with Gasteiger partial charge >= 0.3 is 0 Å². The lowest BCUT2D eigenvalue weighted by atomic mass is 9.78. The molecule has 0 bridgehead atoms. The Morgan fingerprint density at radius 3 is 2.20 bits per heavy atom. The van der Waals surface area contributed by atoms with E-state index in [1.165, 1.54) is 0 Å². The van der Waals surface area contributed by atoms with Crippen molar-refractivity contribution in [3.8, 4) is 0 Å². The summed E-state index contributed by atoms with van der Waals surface area (Å²) in [4.78, 5) is 52.3. The molecule has 1 atom stereocenters. The second-order valence-electron chi connectivity index (χ2n) is 12.7. The summed E-state index contributed by atoms with van der Waals surface area (Å²) < 4.78 is 0. The monoisotopic (exact) mass is 614 g/mol. The number of likely N-dealkylation sites (N-methyl/N-ethyl adjacent to an activating group) is 2. The molecule has 7 heteroatoms. The Kier molecular flexibility index (Phi) is 8.67. The molecule has 1 aliphatic rings. The molecule has 1 aromatic heterocycles. The highest BCUT2D eigenvalue weighted by Crippen LogP contribution is 2.39. The molecule has 4 aromatic carbocycles. The smallest absolute Gasteiger partial charge is 0.256 e. The van der Waals surface area contributed by atoms with Gasteiger partial charge in [0, 0.05) is 42.9 Å². The third-order valence-electron chi connectivity index (χ3n) is 9.75. The number of carbonyl (C=O) groups is 3. The number of fused-ring (bicyclic) bond motifs is 2. The number of benzene rings is 4. The van der Waals surface area contributed by atoms with Crippen LogP contribution in [0.4, 0.5) is 5.69 Å². The van der Waals surface area contributed by atoms with Crippen LogP contribution in [0.15, 0.2) is 97.1 Å². The first-order valence-electron chi connectivity index (χ1n) is 16.2. The van der Waals surface area contributed by atoms with Crippen LogP contribution in [0.25, 0.3) is 21.7 Å². The molecular formula is C39H42N4O3. The number of nitrogens with one attached hydrogen (secondary N) is 1. The Hall–Kier alpha value is -4.91. The summed E-state index contributed by atoms with van der Waals surface area (Å²) in [6.45, 7) is 4.13. The molecule has 0 radical (unpaired) electrons. The first-order chi connectivity index (χ1) is 22.2. The number of nitrogens with zero attached hydrogens (tertiary/aromatic N) is 3. The Balaban J connectivity index is 1.42. The van der Waals surface area contributed by atoms with Gasteiger partial charge in [-0.15, -0.1) is 0 Å². The predicted octanol–water partition coefficient (Wildman–Crippen LogP) is 7.48. The average molecular weight is 615 g/mol. The minimum Gasteiger partial charge on any atom is -0.358 e. The fraction of sp³-hybridized carbons (Fsp3) is 0.308. The molecule has 7 nitrogen and oxygen atoms in total. The molecule has 6 rings (SSSR count). The molecule has 1 heterocycles. The van der Waals surface area contributed by atoms with Gasteiger partial charge < -0.3 is 14.8 Å². The first-order valence-corrected chi connectivity index (χ1v) is 16.2. The van der Waals surface area contributed by atoms with Crippen LogP contribution in [0.5, 0.6) is 0 Å². The van der Waals surface area contributed by atoms with Crippen LogP contribution in [-0.2, 0) is 16.1 Å². The van der Waals surface area contributed by atoms with E-state index in [0.29, 0.717) is 30.6 Å². The van der Waals surface area contributed by atoms with Gasteiger partial charge in [-0.2, -0.15) is 0 Å². The number of aryl methyl sites for hydroxylation is 1. The summed E-state index contributed by atoms with van der Waals surface area (Å²) in [5, 5.41) is 2.87. The molecule has 46 heavy (non-hydrogen) atoms. The van der Waals surface area contributed by atoms with E-state index < -0.39 is 11.6 Å². The van der Waals surface area contributed by atoms with Crippen LogP contribution in [0, 0.1) is 6.92 Å². The molecule has 0 aliphatic heterocycles. The van der Waals surface area contributed by atoms with Gasteiger partial charge in [-0.25, -0.2) is 0 Å². The molecular weight excluding hydrogens is 572 g/mol. The highest BCUT2D eigenvalue weighted by atomic mass is 16.2. The van der Waals surface area contributed by atoms with Gasteiger partial charge in [0.05, 0.1) is 5.56 Å². The summed E-state index contributed by atoms with van der Waals surface area (Å²) in [6, 6.07) is 30.7. The van der Waals surface area contributed by atoms with Crippen LogP contribution in [0.3, 0.4) is 0 Å². The maximum atomic E-state index is 15.3. The second kappa shape index (κ2) is 12.8. The summed E-state index contributed by atoms with van der Waals surface area (Å²) in [5.41, 5.74) is 2.79. The zero-order valence-corrected chi connectivity index (χ0v) is 27.1. The van der Waals surface area contributed by atoms with Crippen LogP contribution in [0.2, 0.25) is 0 Å². The Bertz CT molecular complexity index is 1890. The average Bonchev–Trinajstić information content (AvgIpc) is 3.43. The standard InChI is InChI=1S/C39H42N4O3/c1-27-35(33-19-11-12-20-34(33)40-27)37(45)42(4)39(23-13-6-14-24-39)38(46)43(32-22-21-30-17-9-10-18-31(30)25-32)28(2)36(44)41(3)26-29-15-7-5-8-16-29/h5,7-12,15-22,25,28,40H,6,13-14,23-24,26H2,1-4H3/t28-/m0/s1. The van der Waals surface area contributed by atoms with Gasteiger partial charge in [0.15, 0.2) is 0 Å². The van der Waals surface area contributed by atoms with Crippen molar-refractivity contribution in [2.75, 3.05) is 19.0 Å². The second-order valence-corrected chi connectivity index (χ2v) is 12.7. The number of H-pyrrole nitrogens is 1. The molecule has 3 amide bonds. The van der Waals surface area contributed by atoms with Gasteiger partial charge in [0.25, 0.3) is 11.8 Å². The molecule has 0 saturated heterocycles. The fourth-order valence-electron chi connectivity index (χ4n) is 7.18. The summed E-state index contributed by atoms with van der Waals surface area (Å²) >= 11 is 0.